The number of hydrogen-bond donors (Lipinski definition) is 2. The highest BCUT2D eigenvalue weighted by molar-refractivity contribution is 5.92. The van der Waals surface area contributed by atoms with Crippen molar-refractivity contribution in [1.82, 2.24) is 10.9 Å². The van der Waals surface area contributed by atoms with Gasteiger partial charge in [-0.2, -0.15) is 0 Å². The lowest BCUT2D eigenvalue weighted by Crippen LogP contribution is -2.40. The van der Waals surface area contributed by atoms with Crippen LogP contribution in [0.15, 0.2) is 16.5 Å². The van der Waals surface area contributed by atoms with Gasteiger partial charge in [0.25, 0.3) is 0 Å². The summed E-state index contributed by atoms with van der Waals surface area (Å²) in [6, 6.07) is 3.20. The van der Waals surface area contributed by atoms with Crippen LogP contribution in [-0.4, -0.2) is 11.8 Å². The molecule has 0 aliphatic carbocycles. The predicted octanol–water partition coefficient (Wildman–Crippen LogP) is 0.369. The lowest BCUT2D eigenvalue weighted by molar-refractivity contribution is -0.119. The molecule has 1 rings (SSSR count). The van der Waals surface area contributed by atoms with E-state index >= 15 is 0 Å². The molecule has 0 spiro atoms. The van der Waals surface area contributed by atoms with E-state index in [0.29, 0.717) is 5.76 Å². The molecule has 0 fully saturated rings. The van der Waals surface area contributed by atoms with Crippen molar-refractivity contribution in [1.29, 1.82) is 0 Å². The molecule has 0 radical (unpaired) electrons. The van der Waals surface area contributed by atoms with E-state index in [4.69, 9.17) is 4.42 Å². The van der Waals surface area contributed by atoms with Crippen LogP contribution in [0.2, 0.25) is 0 Å². The van der Waals surface area contributed by atoms with Crippen LogP contribution in [0.4, 0.5) is 0 Å². The monoisotopic (exact) mass is 182 g/mol. The Labute approximate surface area is 75.1 Å². The summed E-state index contributed by atoms with van der Waals surface area (Å²) in [5, 5.41) is 0. The van der Waals surface area contributed by atoms with Crippen molar-refractivity contribution in [2.45, 2.75) is 13.8 Å². The Morgan fingerprint density at radius 2 is 2.00 bits per heavy atom. The molecular formula is C8H10N2O3. The largest absolute Gasteiger partial charge is 0.456 e. The number of rotatable bonds is 1. The summed E-state index contributed by atoms with van der Waals surface area (Å²) >= 11 is 0. The number of carbonyl (C=O) groups excluding carboxylic acids is 2. The molecule has 0 saturated carbocycles. The molecule has 0 unspecified atom stereocenters. The first-order chi connectivity index (χ1) is 6.09. The van der Waals surface area contributed by atoms with Gasteiger partial charge >= 0.3 is 5.91 Å². The van der Waals surface area contributed by atoms with Crippen LogP contribution in [0.25, 0.3) is 0 Å². The van der Waals surface area contributed by atoms with Crippen LogP contribution in [0.1, 0.15) is 23.2 Å². The molecule has 1 heterocycles. The van der Waals surface area contributed by atoms with Crippen molar-refractivity contribution in [3.05, 3.63) is 23.7 Å². The van der Waals surface area contributed by atoms with Crippen molar-refractivity contribution in [3.63, 3.8) is 0 Å². The van der Waals surface area contributed by atoms with E-state index in [2.05, 4.69) is 10.9 Å². The SMILES string of the molecule is CC(=O)NNC(=O)c1ccc(C)o1. The zero-order valence-electron chi connectivity index (χ0n) is 7.38. The van der Waals surface area contributed by atoms with E-state index in [9.17, 15) is 9.59 Å². The summed E-state index contributed by atoms with van der Waals surface area (Å²) in [5.41, 5.74) is 4.33. The molecule has 5 nitrogen and oxygen atoms in total. The van der Waals surface area contributed by atoms with Gasteiger partial charge in [-0.1, -0.05) is 0 Å². The van der Waals surface area contributed by atoms with Crippen molar-refractivity contribution >= 4 is 11.8 Å². The lowest BCUT2D eigenvalue weighted by Gasteiger charge is -2.01. The Balaban J connectivity index is 2.54. The number of nitrogens with one attached hydrogen (secondary N) is 2. The quantitative estimate of drug-likeness (QED) is 0.616. The van der Waals surface area contributed by atoms with Crippen molar-refractivity contribution in [2.24, 2.45) is 0 Å². The number of furan rings is 1. The minimum Gasteiger partial charge on any atom is -0.456 e. The maximum atomic E-state index is 11.1. The van der Waals surface area contributed by atoms with Gasteiger partial charge in [-0.3, -0.25) is 20.4 Å². The van der Waals surface area contributed by atoms with Gasteiger partial charge in [-0.15, -0.1) is 0 Å². The van der Waals surface area contributed by atoms with Crippen LogP contribution in [-0.2, 0) is 4.79 Å². The zero-order chi connectivity index (χ0) is 9.84. The van der Waals surface area contributed by atoms with E-state index in [0.717, 1.165) is 0 Å². The summed E-state index contributed by atoms with van der Waals surface area (Å²) in [6.45, 7) is 3.03. The van der Waals surface area contributed by atoms with E-state index in [-0.39, 0.29) is 11.7 Å². The molecule has 0 bridgehead atoms. The van der Waals surface area contributed by atoms with Gasteiger partial charge in [0, 0.05) is 6.92 Å². The van der Waals surface area contributed by atoms with Crippen LogP contribution >= 0.6 is 0 Å². The molecule has 13 heavy (non-hydrogen) atoms. The maximum absolute atomic E-state index is 11.1. The minimum absolute atomic E-state index is 0.172. The first kappa shape index (κ1) is 9.31. The zero-order valence-corrected chi connectivity index (χ0v) is 7.38. The fourth-order valence-corrected chi connectivity index (χ4v) is 0.763. The van der Waals surface area contributed by atoms with Crippen molar-refractivity contribution in [2.75, 3.05) is 0 Å². The van der Waals surface area contributed by atoms with E-state index in [1.807, 2.05) is 0 Å². The average molecular weight is 182 g/mol. The highest BCUT2D eigenvalue weighted by Gasteiger charge is 2.08. The highest BCUT2D eigenvalue weighted by atomic mass is 16.3. The molecule has 1 aromatic rings. The summed E-state index contributed by atoms with van der Waals surface area (Å²) in [4.78, 5) is 21.6. The van der Waals surface area contributed by atoms with Crippen molar-refractivity contribution < 1.29 is 14.0 Å². The van der Waals surface area contributed by atoms with Crippen LogP contribution < -0.4 is 10.9 Å². The number of carbonyl (C=O) groups is 2. The summed E-state index contributed by atoms with van der Waals surface area (Å²) < 4.78 is 5.01. The molecule has 2 amide bonds. The standard InChI is InChI=1S/C8H10N2O3/c1-5-3-4-7(13-5)8(12)10-9-6(2)11/h3-4H,1-2H3,(H,9,11)(H,10,12). The number of hydrazine groups is 1. The second-order valence-corrected chi connectivity index (χ2v) is 2.55. The third kappa shape index (κ3) is 2.62. The minimum atomic E-state index is -0.469. The number of aryl methyl sites for hydroxylation is 1. The fraction of sp³-hybridized carbons (Fsp3) is 0.250. The molecule has 0 atom stereocenters. The normalized spacial score (nSPS) is 9.38. The third-order valence-corrected chi connectivity index (χ3v) is 1.32. The van der Waals surface area contributed by atoms with Gasteiger partial charge < -0.3 is 4.42 Å². The second kappa shape index (κ2) is 3.75. The summed E-state index contributed by atoms with van der Waals surface area (Å²) in [6.07, 6.45) is 0. The lowest BCUT2D eigenvalue weighted by atomic mass is 10.4. The molecule has 0 aliphatic rings. The summed E-state index contributed by atoms with van der Waals surface area (Å²) in [7, 11) is 0. The van der Waals surface area contributed by atoms with Crippen LogP contribution in [0.3, 0.4) is 0 Å². The molecule has 5 heteroatoms. The smallest absolute Gasteiger partial charge is 0.305 e. The Hall–Kier alpha value is -1.78. The van der Waals surface area contributed by atoms with Gasteiger partial charge in [0.1, 0.15) is 5.76 Å². The highest BCUT2D eigenvalue weighted by Crippen LogP contribution is 2.04. The van der Waals surface area contributed by atoms with Gasteiger partial charge in [-0.25, -0.2) is 0 Å². The Kier molecular flexibility index (Phi) is 2.69. The molecule has 0 saturated heterocycles. The Bertz CT molecular complexity index is 330. The van der Waals surface area contributed by atoms with Gasteiger partial charge in [0.15, 0.2) is 5.76 Å². The van der Waals surface area contributed by atoms with Gasteiger partial charge in [0.05, 0.1) is 0 Å². The second-order valence-electron chi connectivity index (χ2n) is 2.55. The molecule has 70 valence electrons. The third-order valence-electron chi connectivity index (χ3n) is 1.32. The fourth-order valence-electron chi connectivity index (χ4n) is 0.763. The topological polar surface area (TPSA) is 71.3 Å². The Morgan fingerprint density at radius 3 is 2.46 bits per heavy atom. The number of amides is 2. The summed E-state index contributed by atoms with van der Waals surface area (Å²) in [5.74, 6) is 0.0131. The van der Waals surface area contributed by atoms with Crippen LogP contribution in [0.5, 0.6) is 0 Å². The first-order valence-electron chi connectivity index (χ1n) is 3.73. The Morgan fingerprint density at radius 1 is 1.31 bits per heavy atom. The van der Waals surface area contributed by atoms with Crippen LogP contribution in [0, 0.1) is 6.92 Å². The molecule has 0 aromatic carbocycles. The average Bonchev–Trinajstić information content (AvgIpc) is 2.47. The van der Waals surface area contributed by atoms with Gasteiger partial charge in [-0.05, 0) is 19.1 Å². The van der Waals surface area contributed by atoms with E-state index < -0.39 is 5.91 Å². The van der Waals surface area contributed by atoms with E-state index in [1.165, 1.54) is 13.0 Å². The van der Waals surface area contributed by atoms with E-state index in [1.54, 1.807) is 13.0 Å². The predicted molar refractivity (Wildman–Crippen MR) is 44.7 cm³/mol. The molecule has 1 aromatic heterocycles. The molecule has 0 aliphatic heterocycles. The van der Waals surface area contributed by atoms with Crippen molar-refractivity contribution in [3.8, 4) is 0 Å². The molecule has 2 N–H and O–H groups in total. The number of hydrogen-bond acceptors (Lipinski definition) is 3. The first-order valence-corrected chi connectivity index (χ1v) is 3.73. The van der Waals surface area contributed by atoms with Gasteiger partial charge in [0.2, 0.25) is 5.91 Å². The molecular weight excluding hydrogens is 172 g/mol. The maximum Gasteiger partial charge on any atom is 0.305 e.